The third-order valence-corrected chi connectivity index (χ3v) is 5.29. The number of amides is 1. The highest BCUT2D eigenvalue weighted by atomic mass is 16.5. The first-order valence-corrected chi connectivity index (χ1v) is 10.2. The lowest BCUT2D eigenvalue weighted by Crippen LogP contribution is -2.36. The number of fused-ring (bicyclic) bond motifs is 1. The lowest BCUT2D eigenvalue weighted by atomic mass is 10.1. The number of rotatable bonds is 4. The number of ether oxygens (including phenoxy) is 1. The fourth-order valence-electron chi connectivity index (χ4n) is 3.65. The summed E-state index contributed by atoms with van der Waals surface area (Å²) in [5, 5.41) is 9.68. The molecule has 0 spiro atoms. The molecule has 0 saturated carbocycles. The van der Waals surface area contributed by atoms with Gasteiger partial charge in [0, 0.05) is 19.3 Å². The molecule has 0 aliphatic carbocycles. The monoisotopic (exact) mass is 414 g/mol. The molecule has 1 aliphatic rings. The summed E-state index contributed by atoms with van der Waals surface area (Å²) in [6.45, 7) is 3.07. The van der Waals surface area contributed by atoms with Crippen molar-refractivity contribution in [2.24, 2.45) is 0 Å². The van der Waals surface area contributed by atoms with Crippen molar-refractivity contribution in [3.8, 4) is 17.7 Å². The van der Waals surface area contributed by atoms with Crippen LogP contribution in [0.3, 0.4) is 0 Å². The van der Waals surface area contributed by atoms with Crippen LogP contribution in [0.15, 0.2) is 59.0 Å². The molecule has 7 heteroatoms. The second kappa shape index (κ2) is 8.84. The minimum atomic E-state index is -0.404. The number of hydrogen-bond donors (Lipinski definition) is 0. The fraction of sp³-hybridized carbons (Fsp3) is 0.250. The first-order valence-electron chi connectivity index (χ1n) is 10.2. The molecule has 156 valence electrons. The van der Waals surface area contributed by atoms with Crippen molar-refractivity contribution in [1.82, 2.24) is 14.3 Å². The zero-order chi connectivity index (χ0) is 21.8. The number of para-hydroxylation sites is 1. The number of aromatic nitrogens is 2. The quantitative estimate of drug-likeness (QED) is 0.480. The summed E-state index contributed by atoms with van der Waals surface area (Å²) < 4.78 is 7.32. The van der Waals surface area contributed by atoms with Crippen LogP contribution in [0.5, 0.6) is 11.6 Å². The molecule has 3 aromatic rings. The summed E-state index contributed by atoms with van der Waals surface area (Å²) in [6.07, 6.45) is 5.80. The maximum absolute atomic E-state index is 13.3. The first kappa shape index (κ1) is 20.4. The number of piperidine rings is 1. The van der Waals surface area contributed by atoms with Crippen molar-refractivity contribution in [3.05, 3.63) is 75.7 Å². The van der Waals surface area contributed by atoms with Gasteiger partial charge in [0.05, 0.1) is 0 Å². The average Bonchev–Trinajstić information content (AvgIpc) is 2.80. The highest BCUT2D eigenvalue weighted by Gasteiger charge is 2.22. The van der Waals surface area contributed by atoms with Gasteiger partial charge in [-0.15, -0.1) is 0 Å². The van der Waals surface area contributed by atoms with Gasteiger partial charge in [0.2, 0.25) is 5.88 Å². The third kappa shape index (κ3) is 4.19. The minimum absolute atomic E-state index is 0.0599. The van der Waals surface area contributed by atoms with E-state index in [2.05, 4.69) is 4.98 Å². The third-order valence-electron chi connectivity index (χ3n) is 5.29. The molecule has 1 aromatic carbocycles. The van der Waals surface area contributed by atoms with Crippen LogP contribution in [0, 0.1) is 18.3 Å². The van der Waals surface area contributed by atoms with Crippen LogP contribution in [-0.2, 0) is 4.79 Å². The summed E-state index contributed by atoms with van der Waals surface area (Å²) in [5.74, 6) is 0.189. The number of benzene rings is 1. The Kier molecular flexibility index (Phi) is 5.80. The van der Waals surface area contributed by atoms with Gasteiger partial charge in [-0.3, -0.25) is 14.0 Å². The van der Waals surface area contributed by atoms with Crippen molar-refractivity contribution in [2.75, 3.05) is 13.1 Å². The topological polar surface area (TPSA) is 87.7 Å². The molecular formula is C24H22N4O3. The lowest BCUT2D eigenvalue weighted by Gasteiger charge is -2.26. The van der Waals surface area contributed by atoms with E-state index < -0.39 is 5.56 Å². The number of hydrogen-bond acceptors (Lipinski definition) is 5. The summed E-state index contributed by atoms with van der Waals surface area (Å²) in [5.41, 5.74) is 0.813. The van der Waals surface area contributed by atoms with E-state index in [0.29, 0.717) is 24.5 Å². The smallest absolute Gasteiger partial charge is 0.269 e. The Labute approximate surface area is 179 Å². The van der Waals surface area contributed by atoms with Crippen molar-refractivity contribution in [3.63, 3.8) is 0 Å². The predicted molar refractivity (Wildman–Crippen MR) is 117 cm³/mol. The first-order chi connectivity index (χ1) is 15.1. The van der Waals surface area contributed by atoms with Crippen LogP contribution in [0.2, 0.25) is 0 Å². The molecule has 0 bridgehead atoms. The number of aryl methyl sites for hydroxylation is 1. The van der Waals surface area contributed by atoms with Gasteiger partial charge in [0.1, 0.15) is 28.6 Å². The second-order valence-corrected chi connectivity index (χ2v) is 7.46. The molecule has 4 rings (SSSR count). The molecule has 0 radical (unpaired) electrons. The number of carbonyl (C=O) groups excluding carboxylic acids is 1. The Morgan fingerprint density at radius 2 is 1.87 bits per heavy atom. The Balaban J connectivity index is 1.86. The Bertz CT molecular complexity index is 1250. The SMILES string of the molecule is Cc1cccn2c(=O)c(C=C(C#N)C(=O)N3CCCCC3)c(Oc3ccccc3)nc12. The summed E-state index contributed by atoms with van der Waals surface area (Å²) >= 11 is 0. The van der Waals surface area contributed by atoms with Crippen LogP contribution >= 0.6 is 0 Å². The van der Waals surface area contributed by atoms with E-state index in [4.69, 9.17) is 4.74 Å². The maximum Gasteiger partial charge on any atom is 0.269 e. The molecule has 1 fully saturated rings. The number of nitrogens with zero attached hydrogens (tertiary/aromatic N) is 4. The maximum atomic E-state index is 13.3. The van der Waals surface area contributed by atoms with E-state index in [0.717, 1.165) is 24.8 Å². The molecule has 3 heterocycles. The summed E-state index contributed by atoms with van der Waals surface area (Å²) in [7, 11) is 0. The molecule has 0 unspecified atom stereocenters. The van der Waals surface area contributed by atoms with Crippen molar-refractivity contribution in [2.45, 2.75) is 26.2 Å². The van der Waals surface area contributed by atoms with Crippen molar-refractivity contribution >= 4 is 17.6 Å². The molecule has 7 nitrogen and oxygen atoms in total. The number of likely N-dealkylation sites (tertiary alicyclic amines) is 1. The fourth-order valence-corrected chi connectivity index (χ4v) is 3.65. The standard InChI is InChI=1S/C24H22N4O3/c1-17-9-8-14-28-21(17)26-22(31-19-10-4-2-5-11-19)20(24(28)30)15-18(16-25)23(29)27-12-6-3-7-13-27/h2,4-5,8-11,14-15H,3,6-7,12-13H2,1H3. The highest BCUT2D eigenvalue weighted by Crippen LogP contribution is 2.25. The van der Waals surface area contributed by atoms with E-state index >= 15 is 0 Å². The molecule has 1 saturated heterocycles. The van der Waals surface area contributed by atoms with E-state index in [1.165, 1.54) is 10.5 Å². The van der Waals surface area contributed by atoms with Crippen molar-refractivity contribution < 1.29 is 9.53 Å². The highest BCUT2D eigenvalue weighted by molar-refractivity contribution is 6.02. The molecule has 2 aromatic heterocycles. The largest absolute Gasteiger partial charge is 0.438 e. The number of nitriles is 1. The molecule has 0 N–H and O–H groups in total. The Morgan fingerprint density at radius 1 is 1.13 bits per heavy atom. The van der Waals surface area contributed by atoms with Gasteiger partial charge in [0.25, 0.3) is 11.5 Å². The van der Waals surface area contributed by atoms with Gasteiger partial charge < -0.3 is 9.64 Å². The van der Waals surface area contributed by atoms with Gasteiger partial charge >= 0.3 is 0 Å². The van der Waals surface area contributed by atoms with Gasteiger partial charge in [-0.25, -0.2) is 0 Å². The number of carbonyl (C=O) groups is 1. The second-order valence-electron chi connectivity index (χ2n) is 7.46. The van der Waals surface area contributed by atoms with E-state index in [1.54, 1.807) is 29.3 Å². The Hall–Kier alpha value is -3.92. The van der Waals surface area contributed by atoms with E-state index in [1.807, 2.05) is 37.3 Å². The molecule has 1 amide bonds. The average molecular weight is 414 g/mol. The molecular weight excluding hydrogens is 392 g/mol. The van der Waals surface area contributed by atoms with Crippen molar-refractivity contribution in [1.29, 1.82) is 5.26 Å². The summed E-state index contributed by atoms with van der Waals surface area (Å²) in [4.78, 5) is 32.4. The van der Waals surface area contributed by atoms with Crippen LogP contribution in [-0.4, -0.2) is 33.3 Å². The van der Waals surface area contributed by atoms with Crippen LogP contribution in [0.4, 0.5) is 0 Å². The lowest BCUT2D eigenvalue weighted by molar-refractivity contribution is -0.127. The zero-order valence-corrected chi connectivity index (χ0v) is 17.2. The molecule has 1 aliphatic heterocycles. The van der Waals surface area contributed by atoms with Crippen LogP contribution in [0.25, 0.3) is 11.7 Å². The van der Waals surface area contributed by atoms with Gasteiger partial charge in [-0.1, -0.05) is 24.3 Å². The summed E-state index contributed by atoms with van der Waals surface area (Å²) in [6, 6.07) is 14.5. The minimum Gasteiger partial charge on any atom is -0.438 e. The molecule has 31 heavy (non-hydrogen) atoms. The van der Waals surface area contributed by atoms with E-state index in [9.17, 15) is 14.9 Å². The number of pyridine rings is 1. The Morgan fingerprint density at radius 3 is 2.58 bits per heavy atom. The van der Waals surface area contributed by atoms with Gasteiger partial charge in [-0.2, -0.15) is 10.2 Å². The predicted octanol–water partition coefficient (Wildman–Crippen LogP) is 3.71. The van der Waals surface area contributed by atoms with Crippen LogP contribution in [0.1, 0.15) is 30.4 Å². The zero-order valence-electron chi connectivity index (χ0n) is 17.2. The van der Waals surface area contributed by atoms with E-state index in [-0.39, 0.29) is 22.9 Å². The van der Waals surface area contributed by atoms with Crippen LogP contribution < -0.4 is 10.3 Å². The normalized spacial score (nSPS) is 14.3. The van der Waals surface area contributed by atoms with Gasteiger partial charge in [-0.05, 0) is 56.0 Å². The van der Waals surface area contributed by atoms with Gasteiger partial charge in [0.15, 0.2) is 0 Å². The molecule has 0 atom stereocenters.